The average Bonchev–Trinajstić information content (AvgIpc) is 2.16. The van der Waals surface area contributed by atoms with Crippen molar-refractivity contribution in [3.05, 3.63) is 0 Å². The predicted molar refractivity (Wildman–Crippen MR) is 50.1 cm³/mol. The zero-order valence-electron chi connectivity index (χ0n) is 6.65. The largest absolute Gasteiger partial charge is 0.468 e. The number of rotatable bonds is 1. The van der Waals surface area contributed by atoms with Crippen LogP contribution in [0.25, 0.3) is 0 Å². The SMILES string of the molecule is COC(=O)C1SCCSC1C#N. The van der Waals surface area contributed by atoms with E-state index in [2.05, 4.69) is 10.8 Å². The third-order valence-electron chi connectivity index (χ3n) is 1.51. The van der Waals surface area contributed by atoms with Gasteiger partial charge in [-0.2, -0.15) is 5.26 Å². The molecule has 66 valence electrons. The highest BCUT2D eigenvalue weighted by molar-refractivity contribution is 8.07. The van der Waals surface area contributed by atoms with Crippen molar-refractivity contribution in [1.82, 2.24) is 0 Å². The second-order valence-electron chi connectivity index (χ2n) is 2.24. The summed E-state index contributed by atoms with van der Waals surface area (Å²) in [6.07, 6.45) is 0. The van der Waals surface area contributed by atoms with Crippen LogP contribution in [0.1, 0.15) is 0 Å². The van der Waals surface area contributed by atoms with E-state index in [1.165, 1.54) is 30.6 Å². The highest BCUT2D eigenvalue weighted by Gasteiger charge is 2.32. The van der Waals surface area contributed by atoms with Crippen molar-refractivity contribution in [2.45, 2.75) is 10.5 Å². The van der Waals surface area contributed by atoms with Crippen molar-refractivity contribution in [1.29, 1.82) is 5.26 Å². The van der Waals surface area contributed by atoms with Gasteiger partial charge in [0.2, 0.25) is 0 Å². The van der Waals surface area contributed by atoms with Crippen molar-refractivity contribution in [3.8, 4) is 6.07 Å². The Labute approximate surface area is 79.8 Å². The maximum absolute atomic E-state index is 11.1. The first kappa shape index (κ1) is 9.75. The minimum atomic E-state index is -0.293. The van der Waals surface area contributed by atoms with Crippen molar-refractivity contribution >= 4 is 29.5 Å². The summed E-state index contributed by atoms with van der Waals surface area (Å²) >= 11 is 3.04. The number of nitriles is 1. The van der Waals surface area contributed by atoms with Gasteiger partial charge in [-0.3, -0.25) is 4.79 Å². The van der Waals surface area contributed by atoms with Crippen LogP contribution in [0.3, 0.4) is 0 Å². The lowest BCUT2D eigenvalue weighted by Gasteiger charge is -2.23. The fourth-order valence-corrected chi connectivity index (χ4v) is 3.52. The summed E-state index contributed by atoms with van der Waals surface area (Å²) in [5, 5.41) is 8.18. The number of hydrogen-bond acceptors (Lipinski definition) is 5. The van der Waals surface area contributed by atoms with Gasteiger partial charge in [-0.05, 0) is 0 Å². The number of nitrogens with zero attached hydrogens (tertiary/aromatic N) is 1. The zero-order chi connectivity index (χ0) is 8.97. The summed E-state index contributed by atoms with van der Waals surface area (Å²) in [5.41, 5.74) is 0. The Balaban J connectivity index is 2.60. The maximum Gasteiger partial charge on any atom is 0.321 e. The highest BCUT2D eigenvalue weighted by atomic mass is 32.2. The van der Waals surface area contributed by atoms with Gasteiger partial charge in [0.15, 0.2) is 0 Å². The van der Waals surface area contributed by atoms with E-state index in [0.717, 1.165) is 11.5 Å². The van der Waals surface area contributed by atoms with Gasteiger partial charge in [-0.1, -0.05) is 0 Å². The van der Waals surface area contributed by atoms with Crippen molar-refractivity contribution < 1.29 is 9.53 Å². The summed E-state index contributed by atoms with van der Waals surface area (Å²) in [6.45, 7) is 0. The molecule has 0 radical (unpaired) electrons. The van der Waals surface area contributed by atoms with E-state index in [4.69, 9.17) is 5.26 Å². The van der Waals surface area contributed by atoms with E-state index in [-0.39, 0.29) is 16.5 Å². The lowest BCUT2D eigenvalue weighted by atomic mass is 10.3. The standard InChI is InChI=1S/C7H9NO2S2/c1-10-7(9)6-5(4-8)11-2-3-12-6/h5-6H,2-3H2,1H3. The summed E-state index contributed by atoms with van der Waals surface area (Å²) in [4.78, 5) is 11.1. The van der Waals surface area contributed by atoms with E-state index in [0.29, 0.717) is 0 Å². The average molecular weight is 203 g/mol. The quantitative estimate of drug-likeness (QED) is 0.593. The molecule has 1 saturated heterocycles. The van der Waals surface area contributed by atoms with Crippen LogP contribution in [0.4, 0.5) is 0 Å². The van der Waals surface area contributed by atoms with E-state index >= 15 is 0 Å². The van der Waals surface area contributed by atoms with E-state index in [1.807, 2.05) is 0 Å². The monoisotopic (exact) mass is 203 g/mol. The van der Waals surface area contributed by atoms with Crippen LogP contribution >= 0.6 is 23.5 Å². The Hall–Kier alpha value is -0.340. The number of carbonyl (C=O) groups is 1. The Kier molecular flexibility index (Phi) is 3.76. The molecule has 0 aromatic heterocycles. The molecule has 0 bridgehead atoms. The molecule has 0 N–H and O–H groups in total. The highest BCUT2D eigenvalue weighted by Crippen LogP contribution is 2.31. The molecular formula is C7H9NO2S2. The Morgan fingerprint density at radius 1 is 1.58 bits per heavy atom. The topological polar surface area (TPSA) is 50.1 Å². The molecule has 1 fully saturated rings. The predicted octanol–water partition coefficient (Wildman–Crippen LogP) is 0.900. The molecule has 0 spiro atoms. The fourth-order valence-electron chi connectivity index (χ4n) is 0.938. The van der Waals surface area contributed by atoms with Gasteiger partial charge in [-0.15, -0.1) is 23.5 Å². The van der Waals surface area contributed by atoms with Gasteiger partial charge in [-0.25, -0.2) is 0 Å². The number of methoxy groups -OCH3 is 1. The summed E-state index contributed by atoms with van der Waals surface area (Å²) in [6, 6.07) is 2.11. The van der Waals surface area contributed by atoms with Crippen LogP contribution < -0.4 is 0 Å². The summed E-state index contributed by atoms with van der Waals surface area (Å²) < 4.78 is 4.60. The molecule has 1 heterocycles. The molecule has 3 nitrogen and oxygen atoms in total. The van der Waals surface area contributed by atoms with Crippen LogP contribution in [0, 0.1) is 11.3 Å². The minimum Gasteiger partial charge on any atom is -0.468 e. The van der Waals surface area contributed by atoms with Gasteiger partial charge >= 0.3 is 5.97 Å². The number of hydrogen-bond donors (Lipinski definition) is 0. The first-order chi connectivity index (χ1) is 5.79. The van der Waals surface area contributed by atoms with Gasteiger partial charge in [0.1, 0.15) is 10.5 Å². The normalized spacial score (nSPS) is 29.0. The smallest absolute Gasteiger partial charge is 0.321 e. The first-order valence-corrected chi connectivity index (χ1v) is 5.60. The molecule has 12 heavy (non-hydrogen) atoms. The number of esters is 1. The molecule has 0 aliphatic carbocycles. The van der Waals surface area contributed by atoms with E-state index < -0.39 is 0 Å². The van der Waals surface area contributed by atoms with Crippen molar-refractivity contribution in [2.75, 3.05) is 18.6 Å². The maximum atomic E-state index is 11.1. The summed E-state index contributed by atoms with van der Waals surface area (Å²) in [5.74, 6) is 1.58. The van der Waals surface area contributed by atoms with Crippen LogP contribution in [-0.2, 0) is 9.53 Å². The van der Waals surface area contributed by atoms with E-state index in [9.17, 15) is 4.79 Å². The second-order valence-corrected chi connectivity index (χ2v) is 4.73. The Morgan fingerprint density at radius 2 is 2.25 bits per heavy atom. The fraction of sp³-hybridized carbons (Fsp3) is 0.714. The van der Waals surface area contributed by atoms with Crippen LogP contribution in [0.15, 0.2) is 0 Å². The lowest BCUT2D eigenvalue weighted by molar-refractivity contribution is -0.139. The molecular weight excluding hydrogens is 194 g/mol. The molecule has 0 aromatic rings. The van der Waals surface area contributed by atoms with Crippen LogP contribution in [0.5, 0.6) is 0 Å². The van der Waals surface area contributed by atoms with Crippen molar-refractivity contribution in [2.24, 2.45) is 0 Å². The first-order valence-electron chi connectivity index (χ1n) is 3.50. The summed E-state index contributed by atoms with van der Waals surface area (Å²) in [7, 11) is 1.36. The van der Waals surface area contributed by atoms with Gasteiger partial charge in [0.25, 0.3) is 0 Å². The number of ether oxygens (including phenoxy) is 1. The lowest BCUT2D eigenvalue weighted by Crippen LogP contribution is -2.32. The molecule has 0 amide bonds. The van der Waals surface area contributed by atoms with Gasteiger partial charge in [0.05, 0.1) is 13.2 Å². The molecule has 0 aromatic carbocycles. The second kappa shape index (κ2) is 4.63. The number of carbonyl (C=O) groups excluding carboxylic acids is 1. The molecule has 2 atom stereocenters. The third-order valence-corrected chi connectivity index (χ3v) is 4.38. The molecule has 2 unspecified atom stereocenters. The van der Waals surface area contributed by atoms with Crippen LogP contribution in [-0.4, -0.2) is 35.1 Å². The Bertz CT molecular complexity index is 214. The molecule has 1 rings (SSSR count). The molecule has 1 aliphatic rings. The van der Waals surface area contributed by atoms with Crippen molar-refractivity contribution in [3.63, 3.8) is 0 Å². The van der Waals surface area contributed by atoms with Gasteiger partial charge in [0, 0.05) is 11.5 Å². The van der Waals surface area contributed by atoms with E-state index in [1.54, 1.807) is 0 Å². The number of thioether (sulfide) groups is 2. The zero-order valence-corrected chi connectivity index (χ0v) is 8.28. The van der Waals surface area contributed by atoms with Crippen LogP contribution in [0.2, 0.25) is 0 Å². The molecule has 0 saturated carbocycles. The Morgan fingerprint density at radius 3 is 2.83 bits per heavy atom. The molecule has 1 aliphatic heterocycles. The molecule has 5 heteroatoms. The third kappa shape index (κ3) is 2.08. The minimum absolute atomic E-state index is 0.240. The van der Waals surface area contributed by atoms with Gasteiger partial charge < -0.3 is 4.74 Å².